The Hall–Kier alpha value is -1.62. The molecule has 1 fully saturated rings. The van der Waals surface area contributed by atoms with Crippen molar-refractivity contribution >= 4 is 17.2 Å². The van der Waals surface area contributed by atoms with Crippen LogP contribution in [0.5, 0.6) is 0 Å². The summed E-state index contributed by atoms with van der Waals surface area (Å²) in [5.41, 5.74) is 3.20. The van der Waals surface area contributed by atoms with Gasteiger partial charge in [-0.2, -0.15) is 0 Å². The average molecular weight is 346 g/mol. The molecule has 4 nitrogen and oxygen atoms in total. The quantitative estimate of drug-likeness (QED) is 0.909. The molecule has 130 valence electrons. The van der Waals surface area contributed by atoms with Crippen molar-refractivity contribution in [1.29, 1.82) is 0 Å². The van der Waals surface area contributed by atoms with E-state index in [1.807, 2.05) is 5.38 Å². The molecule has 5 heteroatoms. The number of amides is 1. The van der Waals surface area contributed by atoms with Gasteiger partial charge in [0.25, 0.3) is 0 Å². The van der Waals surface area contributed by atoms with E-state index in [0.717, 1.165) is 10.8 Å². The van der Waals surface area contributed by atoms with E-state index in [2.05, 4.69) is 54.7 Å². The zero-order valence-corrected chi connectivity index (χ0v) is 15.8. The molecule has 24 heavy (non-hydrogen) atoms. The van der Waals surface area contributed by atoms with Gasteiger partial charge in [0.05, 0.1) is 12.1 Å². The SMILES string of the molecule is Cc1ccc(C)n1-c1nc(CC(=O)NC2C(C)CCCC2C)cs1. The van der Waals surface area contributed by atoms with Crippen LogP contribution in [0.25, 0.3) is 5.13 Å². The minimum absolute atomic E-state index is 0.0957. The fourth-order valence-electron chi connectivity index (χ4n) is 3.82. The van der Waals surface area contributed by atoms with Crippen LogP contribution < -0.4 is 5.32 Å². The lowest BCUT2D eigenvalue weighted by molar-refractivity contribution is -0.122. The number of hydrogen-bond donors (Lipinski definition) is 1. The predicted octanol–water partition coefficient (Wildman–Crippen LogP) is 4.03. The van der Waals surface area contributed by atoms with Gasteiger partial charge in [0.1, 0.15) is 0 Å². The molecule has 0 aromatic carbocycles. The number of hydrogen-bond acceptors (Lipinski definition) is 3. The third kappa shape index (κ3) is 3.56. The third-order valence-electron chi connectivity index (χ3n) is 5.22. The second-order valence-electron chi connectivity index (χ2n) is 7.23. The molecule has 2 unspecified atom stereocenters. The lowest BCUT2D eigenvalue weighted by atomic mass is 9.78. The number of rotatable bonds is 4. The first-order valence-corrected chi connectivity index (χ1v) is 9.72. The molecule has 0 saturated heterocycles. The van der Waals surface area contributed by atoms with Crippen molar-refractivity contribution in [3.05, 3.63) is 34.6 Å². The van der Waals surface area contributed by atoms with Crippen LogP contribution in [0.3, 0.4) is 0 Å². The molecule has 0 aliphatic heterocycles. The summed E-state index contributed by atoms with van der Waals surface area (Å²) in [6, 6.07) is 4.49. The fourth-order valence-corrected chi connectivity index (χ4v) is 4.76. The van der Waals surface area contributed by atoms with E-state index < -0.39 is 0 Å². The highest BCUT2D eigenvalue weighted by Gasteiger charge is 2.29. The van der Waals surface area contributed by atoms with Gasteiger partial charge in [0.15, 0.2) is 5.13 Å². The monoisotopic (exact) mass is 345 g/mol. The molecule has 2 atom stereocenters. The first-order chi connectivity index (χ1) is 11.5. The predicted molar refractivity (Wildman–Crippen MR) is 98.7 cm³/mol. The molecule has 1 aliphatic carbocycles. The molecule has 2 heterocycles. The fraction of sp³-hybridized carbons (Fsp3) is 0.579. The molecule has 0 radical (unpaired) electrons. The minimum atomic E-state index is 0.0957. The van der Waals surface area contributed by atoms with E-state index in [0.29, 0.717) is 24.3 Å². The number of thiazole rings is 1. The maximum Gasteiger partial charge on any atom is 0.226 e. The van der Waals surface area contributed by atoms with E-state index in [9.17, 15) is 4.79 Å². The Morgan fingerprint density at radius 3 is 2.50 bits per heavy atom. The van der Waals surface area contributed by atoms with E-state index >= 15 is 0 Å². The Bertz CT molecular complexity index is 689. The molecule has 1 saturated carbocycles. The van der Waals surface area contributed by atoms with Gasteiger partial charge < -0.3 is 5.32 Å². The average Bonchev–Trinajstić information content (AvgIpc) is 3.10. The van der Waals surface area contributed by atoms with E-state index in [1.54, 1.807) is 11.3 Å². The second kappa shape index (κ2) is 7.09. The zero-order valence-electron chi connectivity index (χ0n) is 15.0. The van der Waals surface area contributed by atoms with Gasteiger partial charge in [-0.1, -0.05) is 20.3 Å². The molecular weight excluding hydrogens is 318 g/mol. The second-order valence-corrected chi connectivity index (χ2v) is 8.07. The van der Waals surface area contributed by atoms with Gasteiger partial charge >= 0.3 is 0 Å². The highest BCUT2D eigenvalue weighted by Crippen LogP contribution is 2.29. The van der Waals surface area contributed by atoms with Gasteiger partial charge in [-0.05, 0) is 50.7 Å². The summed E-state index contributed by atoms with van der Waals surface area (Å²) < 4.78 is 2.14. The van der Waals surface area contributed by atoms with Crippen LogP contribution >= 0.6 is 11.3 Å². The Balaban J connectivity index is 1.65. The first kappa shape index (κ1) is 17.2. The van der Waals surface area contributed by atoms with E-state index in [-0.39, 0.29) is 5.91 Å². The number of nitrogens with one attached hydrogen (secondary N) is 1. The number of aryl methyl sites for hydroxylation is 2. The van der Waals surface area contributed by atoms with E-state index in [4.69, 9.17) is 0 Å². The molecule has 2 aromatic rings. The smallest absolute Gasteiger partial charge is 0.226 e. The van der Waals surface area contributed by atoms with Crippen molar-refractivity contribution in [2.45, 2.75) is 59.4 Å². The zero-order chi connectivity index (χ0) is 17.3. The standard InChI is InChI=1S/C19H27N3OS/c1-12-6-5-7-13(2)18(12)21-17(23)10-16-11-24-19(20-16)22-14(3)8-9-15(22)4/h8-9,11-13,18H,5-7,10H2,1-4H3,(H,21,23). The highest BCUT2D eigenvalue weighted by atomic mass is 32.1. The molecule has 2 aromatic heterocycles. The van der Waals surface area contributed by atoms with Crippen LogP contribution in [0.2, 0.25) is 0 Å². The van der Waals surface area contributed by atoms with Crippen molar-refractivity contribution in [3.63, 3.8) is 0 Å². The minimum Gasteiger partial charge on any atom is -0.352 e. The van der Waals surface area contributed by atoms with Crippen LogP contribution in [0.1, 0.15) is 50.2 Å². The molecule has 1 amide bonds. The molecule has 0 spiro atoms. The highest BCUT2D eigenvalue weighted by molar-refractivity contribution is 7.12. The van der Waals surface area contributed by atoms with Crippen molar-refractivity contribution in [2.75, 3.05) is 0 Å². The molecular formula is C19H27N3OS. The van der Waals surface area contributed by atoms with Gasteiger partial charge in [0.2, 0.25) is 5.91 Å². The summed E-state index contributed by atoms with van der Waals surface area (Å²) in [6.45, 7) is 8.65. The van der Waals surface area contributed by atoms with Crippen molar-refractivity contribution in [1.82, 2.24) is 14.9 Å². The third-order valence-corrected chi connectivity index (χ3v) is 6.09. The summed E-state index contributed by atoms with van der Waals surface area (Å²) in [7, 11) is 0. The number of carbonyl (C=O) groups excluding carboxylic acids is 1. The summed E-state index contributed by atoms with van der Waals surface area (Å²) in [4.78, 5) is 17.1. The lowest BCUT2D eigenvalue weighted by Crippen LogP contribution is -2.46. The number of aromatic nitrogens is 2. The molecule has 3 rings (SSSR count). The first-order valence-electron chi connectivity index (χ1n) is 8.84. The lowest BCUT2D eigenvalue weighted by Gasteiger charge is -2.35. The van der Waals surface area contributed by atoms with Crippen LogP contribution in [0, 0.1) is 25.7 Å². The molecule has 1 aliphatic rings. The normalized spacial score (nSPS) is 24.1. The van der Waals surface area contributed by atoms with Gasteiger partial charge in [-0.25, -0.2) is 4.98 Å². The van der Waals surface area contributed by atoms with Crippen LogP contribution in [-0.4, -0.2) is 21.5 Å². The van der Waals surface area contributed by atoms with Crippen molar-refractivity contribution in [3.8, 4) is 5.13 Å². The van der Waals surface area contributed by atoms with Gasteiger partial charge in [0, 0.05) is 22.8 Å². The Kier molecular flexibility index (Phi) is 5.09. The Morgan fingerprint density at radius 2 is 1.88 bits per heavy atom. The van der Waals surface area contributed by atoms with Crippen molar-refractivity contribution in [2.24, 2.45) is 11.8 Å². The van der Waals surface area contributed by atoms with Crippen LogP contribution in [0.4, 0.5) is 0 Å². The maximum absolute atomic E-state index is 12.4. The topological polar surface area (TPSA) is 46.9 Å². The number of nitrogens with zero attached hydrogens (tertiary/aromatic N) is 2. The summed E-state index contributed by atoms with van der Waals surface area (Å²) in [5.74, 6) is 1.22. The van der Waals surface area contributed by atoms with Crippen molar-refractivity contribution < 1.29 is 4.79 Å². The van der Waals surface area contributed by atoms with Gasteiger partial charge in [-0.15, -0.1) is 11.3 Å². The maximum atomic E-state index is 12.4. The summed E-state index contributed by atoms with van der Waals surface area (Å²) in [6.07, 6.45) is 4.07. The summed E-state index contributed by atoms with van der Waals surface area (Å²) in [5, 5.41) is 6.20. The Morgan fingerprint density at radius 1 is 1.25 bits per heavy atom. The number of carbonyl (C=O) groups is 1. The van der Waals surface area contributed by atoms with E-state index in [1.165, 1.54) is 30.7 Å². The van der Waals surface area contributed by atoms with Crippen LogP contribution in [-0.2, 0) is 11.2 Å². The van der Waals surface area contributed by atoms with Gasteiger partial charge in [-0.3, -0.25) is 9.36 Å². The Labute approximate surface area is 148 Å². The molecule has 0 bridgehead atoms. The largest absolute Gasteiger partial charge is 0.352 e. The molecule has 1 N–H and O–H groups in total. The summed E-state index contributed by atoms with van der Waals surface area (Å²) >= 11 is 1.60. The van der Waals surface area contributed by atoms with Crippen LogP contribution in [0.15, 0.2) is 17.5 Å².